The molecular weight excluding hydrogens is 603 g/mol. The van der Waals surface area contributed by atoms with Crippen molar-refractivity contribution >= 4 is 61.5 Å². The van der Waals surface area contributed by atoms with Crippen molar-refractivity contribution in [3.05, 3.63) is 173 Å². The van der Waals surface area contributed by atoms with E-state index in [1.807, 2.05) is 0 Å². The maximum atomic E-state index is 4.62. The Morgan fingerprint density at radius 2 is 1.14 bits per heavy atom. The van der Waals surface area contributed by atoms with E-state index >= 15 is 0 Å². The second-order valence-corrected chi connectivity index (χ2v) is 14.6. The highest BCUT2D eigenvalue weighted by Crippen LogP contribution is 2.62. The van der Waals surface area contributed by atoms with E-state index < -0.39 is 0 Å². The second kappa shape index (κ2) is 9.49. The lowest BCUT2D eigenvalue weighted by atomic mass is 9.69. The van der Waals surface area contributed by atoms with Crippen molar-refractivity contribution in [3.63, 3.8) is 0 Å². The Morgan fingerprint density at radius 1 is 0.540 bits per heavy atom. The molecular formula is C49H33N. The zero-order valence-corrected chi connectivity index (χ0v) is 28.1. The molecule has 0 saturated carbocycles. The first kappa shape index (κ1) is 27.7. The van der Waals surface area contributed by atoms with Gasteiger partial charge in [-0.3, -0.25) is 0 Å². The van der Waals surface area contributed by atoms with Crippen LogP contribution in [0.4, 0.5) is 17.1 Å². The number of fused-ring (bicyclic) bond motifs is 3. The minimum absolute atomic E-state index is 0.176. The van der Waals surface area contributed by atoms with E-state index in [0.717, 1.165) is 10.8 Å². The molecule has 0 aliphatic carbocycles. The van der Waals surface area contributed by atoms with Crippen molar-refractivity contribution in [1.82, 2.24) is 0 Å². The van der Waals surface area contributed by atoms with Gasteiger partial charge in [0.1, 0.15) is 0 Å². The molecule has 3 aliphatic heterocycles. The molecule has 0 aromatic heterocycles. The molecule has 3 heterocycles. The van der Waals surface area contributed by atoms with E-state index in [1.54, 1.807) is 0 Å². The highest BCUT2D eigenvalue weighted by atomic mass is 15.2. The molecule has 0 bridgehead atoms. The van der Waals surface area contributed by atoms with Gasteiger partial charge in [-0.1, -0.05) is 154 Å². The van der Waals surface area contributed by atoms with Crippen LogP contribution in [0, 0.1) is 0 Å². The summed E-state index contributed by atoms with van der Waals surface area (Å²) < 4.78 is 0. The molecule has 11 rings (SSSR count). The number of nitrogens with zero attached hydrogens (tertiary/aromatic N) is 1. The summed E-state index contributed by atoms with van der Waals surface area (Å²) in [7, 11) is 0. The van der Waals surface area contributed by atoms with Gasteiger partial charge in [0, 0.05) is 27.1 Å². The Hall–Kier alpha value is -6.18. The molecule has 50 heavy (non-hydrogen) atoms. The highest BCUT2D eigenvalue weighted by molar-refractivity contribution is 6.24. The zero-order chi connectivity index (χ0) is 33.5. The predicted octanol–water partition coefficient (Wildman–Crippen LogP) is 11.7. The largest absolute Gasteiger partial charge is 0.307 e. The van der Waals surface area contributed by atoms with Crippen LogP contribution in [-0.4, -0.2) is 0 Å². The number of hydrogen-bond donors (Lipinski definition) is 0. The molecule has 1 nitrogen and oxygen atoms in total. The summed E-state index contributed by atoms with van der Waals surface area (Å²) in [4.78, 5) is 2.59. The average Bonchev–Trinajstić information content (AvgIpc) is 3.15. The molecule has 8 aromatic carbocycles. The second-order valence-electron chi connectivity index (χ2n) is 14.6. The Morgan fingerprint density at radius 3 is 1.82 bits per heavy atom. The molecule has 0 saturated heterocycles. The SMILES string of the molecule is C=CC1=c2c3c(ccc2=C)C(C)(C)c2ccc4cccc5c4c2N3c2c1cc(-c1c3ccccc3c(-c3ccccc3)c3ccccc13)cc2-5. The third-order valence-corrected chi connectivity index (χ3v) is 11.7. The maximum Gasteiger partial charge on any atom is 0.0620 e. The lowest BCUT2D eigenvalue weighted by Gasteiger charge is -2.48. The highest BCUT2D eigenvalue weighted by Gasteiger charge is 2.44. The molecule has 3 aliphatic rings. The summed E-state index contributed by atoms with van der Waals surface area (Å²) in [6.07, 6.45) is 2.07. The first-order valence-corrected chi connectivity index (χ1v) is 17.5. The van der Waals surface area contributed by atoms with Crippen molar-refractivity contribution in [2.24, 2.45) is 0 Å². The fourth-order valence-electron chi connectivity index (χ4n) is 9.60. The van der Waals surface area contributed by atoms with Gasteiger partial charge in [0.05, 0.1) is 17.1 Å². The summed E-state index contributed by atoms with van der Waals surface area (Å²) in [5.41, 5.74) is 16.3. The van der Waals surface area contributed by atoms with E-state index in [0.29, 0.717) is 0 Å². The van der Waals surface area contributed by atoms with E-state index in [-0.39, 0.29) is 5.41 Å². The first-order chi connectivity index (χ1) is 24.5. The van der Waals surface area contributed by atoms with Crippen molar-refractivity contribution < 1.29 is 0 Å². The summed E-state index contributed by atoms with van der Waals surface area (Å²) in [5.74, 6) is 0. The van der Waals surface area contributed by atoms with Gasteiger partial charge in [0.2, 0.25) is 0 Å². The van der Waals surface area contributed by atoms with E-state index in [9.17, 15) is 0 Å². The smallest absolute Gasteiger partial charge is 0.0620 e. The van der Waals surface area contributed by atoms with Gasteiger partial charge in [-0.2, -0.15) is 0 Å². The number of rotatable bonds is 3. The molecule has 0 fully saturated rings. The predicted molar refractivity (Wildman–Crippen MR) is 213 cm³/mol. The fraction of sp³-hybridized carbons (Fsp3) is 0.0612. The van der Waals surface area contributed by atoms with E-state index in [1.165, 1.54) is 105 Å². The van der Waals surface area contributed by atoms with Gasteiger partial charge < -0.3 is 4.90 Å². The van der Waals surface area contributed by atoms with Crippen LogP contribution < -0.4 is 15.3 Å². The monoisotopic (exact) mass is 635 g/mol. The number of hydrogen-bond acceptors (Lipinski definition) is 1. The Bertz CT molecular complexity index is 2920. The molecule has 0 radical (unpaired) electrons. The van der Waals surface area contributed by atoms with Crippen molar-refractivity contribution in [3.8, 4) is 33.4 Å². The summed E-state index contributed by atoms with van der Waals surface area (Å²) in [6.45, 7) is 13.8. The summed E-state index contributed by atoms with van der Waals surface area (Å²) in [6, 6.07) is 49.7. The fourth-order valence-corrected chi connectivity index (χ4v) is 9.60. The van der Waals surface area contributed by atoms with Crippen LogP contribution in [0.5, 0.6) is 0 Å². The Labute approximate surface area is 291 Å². The van der Waals surface area contributed by atoms with Gasteiger partial charge >= 0.3 is 0 Å². The van der Waals surface area contributed by atoms with Gasteiger partial charge in [-0.05, 0) is 88.8 Å². The van der Waals surface area contributed by atoms with Gasteiger partial charge in [-0.15, -0.1) is 0 Å². The van der Waals surface area contributed by atoms with Crippen LogP contribution in [-0.2, 0) is 5.41 Å². The minimum Gasteiger partial charge on any atom is -0.307 e. The third kappa shape index (κ3) is 3.28. The zero-order valence-electron chi connectivity index (χ0n) is 28.1. The standard InChI is InChI=1S/C49H33N/c1-5-32-38-26-31(44-35-19-11-9-17-33(35)43(29-14-7-6-8-15-29)34-18-10-12-20-36(34)44)27-39-37-21-13-16-30-23-25-41-48(45(30)37)50(46(38)39)47-40(49(41,3)4)24-22-28(2)42(32)47/h5-27H,1-2H2,3-4H3. The molecule has 0 spiro atoms. The van der Waals surface area contributed by atoms with Gasteiger partial charge in [0.25, 0.3) is 0 Å². The molecule has 0 unspecified atom stereocenters. The van der Waals surface area contributed by atoms with Crippen LogP contribution >= 0.6 is 0 Å². The van der Waals surface area contributed by atoms with Crippen molar-refractivity contribution in [1.29, 1.82) is 0 Å². The lowest BCUT2D eigenvalue weighted by molar-refractivity contribution is 0.631. The van der Waals surface area contributed by atoms with Gasteiger partial charge in [0.15, 0.2) is 0 Å². The Balaban J connectivity index is 1.36. The number of allylic oxidation sites excluding steroid dienone is 1. The van der Waals surface area contributed by atoms with Crippen molar-refractivity contribution in [2.45, 2.75) is 19.3 Å². The van der Waals surface area contributed by atoms with E-state index in [2.05, 4.69) is 171 Å². The lowest BCUT2D eigenvalue weighted by Crippen LogP contribution is -2.43. The molecule has 0 amide bonds. The molecule has 0 atom stereocenters. The molecule has 8 aromatic rings. The molecule has 234 valence electrons. The van der Waals surface area contributed by atoms with Crippen LogP contribution in [0.1, 0.15) is 30.5 Å². The average molecular weight is 636 g/mol. The quantitative estimate of drug-likeness (QED) is 0.175. The summed E-state index contributed by atoms with van der Waals surface area (Å²) in [5, 5.41) is 9.86. The molecule has 0 N–H and O–H groups in total. The maximum absolute atomic E-state index is 4.62. The summed E-state index contributed by atoms with van der Waals surface area (Å²) >= 11 is 0. The van der Waals surface area contributed by atoms with Crippen LogP contribution in [0.2, 0.25) is 0 Å². The number of anilines is 3. The first-order valence-electron chi connectivity index (χ1n) is 17.5. The minimum atomic E-state index is -0.176. The molecule has 1 heteroatoms. The van der Waals surface area contributed by atoms with Gasteiger partial charge in [-0.25, -0.2) is 0 Å². The Kier molecular flexibility index (Phi) is 5.27. The van der Waals surface area contributed by atoms with Crippen molar-refractivity contribution in [2.75, 3.05) is 4.90 Å². The van der Waals surface area contributed by atoms with Crippen LogP contribution in [0.3, 0.4) is 0 Å². The van der Waals surface area contributed by atoms with Crippen LogP contribution in [0.15, 0.2) is 146 Å². The third-order valence-electron chi connectivity index (χ3n) is 11.7. The van der Waals surface area contributed by atoms with E-state index in [4.69, 9.17) is 0 Å². The number of benzene rings is 8. The topological polar surface area (TPSA) is 3.24 Å². The van der Waals surface area contributed by atoms with Crippen LogP contribution in [0.25, 0.3) is 77.9 Å². The normalized spacial score (nSPS) is 14.4.